The molecule has 1 aliphatic carbocycles. The molecule has 17 heavy (non-hydrogen) atoms. The number of rotatable bonds is 4. The molecule has 1 aliphatic rings. The first-order chi connectivity index (χ1) is 8.22. The van der Waals surface area contributed by atoms with E-state index in [9.17, 15) is 4.79 Å². The van der Waals surface area contributed by atoms with E-state index < -0.39 is 0 Å². The SMILES string of the molecule is CCNC1CCCCC1Sc1n[nH]c(=O)n1C. The molecule has 1 saturated carbocycles. The molecule has 96 valence electrons. The van der Waals surface area contributed by atoms with Crippen molar-refractivity contribution >= 4 is 11.8 Å². The third-order valence-electron chi connectivity index (χ3n) is 3.26. The first kappa shape index (κ1) is 12.7. The minimum absolute atomic E-state index is 0.136. The van der Waals surface area contributed by atoms with Crippen molar-refractivity contribution in [2.75, 3.05) is 6.54 Å². The van der Waals surface area contributed by atoms with Crippen molar-refractivity contribution in [1.29, 1.82) is 0 Å². The van der Waals surface area contributed by atoms with E-state index in [0.717, 1.165) is 11.7 Å². The Bertz CT molecular complexity index is 412. The molecule has 1 aromatic rings. The van der Waals surface area contributed by atoms with Gasteiger partial charge in [0.25, 0.3) is 0 Å². The normalized spacial score (nSPS) is 25.1. The lowest BCUT2D eigenvalue weighted by Gasteiger charge is -2.31. The molecular weight excluding hydrogens is 236 g/mol. The van der Waals surface area contributed by atoms with Gasteiger partial charge in [0.05, 0.1) is 0 Å². The second-order valence-electron chi connectivity index (χ2n) is 4.48. The molecule has 2 N–H and O–H groups in total. The van der Waals surface area contributed by atoms with E-state index in [1.54, 1.807) is 23.4 Å². The van der Waals surface area contributed by atoms with Gasteiger partial charge in [-0.15, -0.1) is 5.10 Å². The Morgan fingerprint density at radius 1 is 1.53 bits per heavy atom. The number of nitrogens with one attached hydrogen (secondary N) is 2. The van der Waals surface area contributed by atoms with Gasteiger partial charge < -0.3 is 5.32 Å². The Morgan fingerprint density at radius 2 is 2.29 bits per heavy atom. The minimum Gasteiger partial charge on any atom is -0.313 e. The summed E-state index contributed by atoms with van der Waals surface area (Å²) in [5.74, 6) is 0. The second-order valence-corrected chi connectivity index (χ2v) is 5.68. The van der Waals surface area contributed by atoms with Crippen LogP contribution >= 0.6 is 11.8 Å². The maximum Gasteiger partial charge on any atom is 0.343 e. The van der Waals surface area contributed by atoms with Gasteiger partial charge in [-0.3, -0.25) is 4.57 Å². The quantitative estimate of drug-likeness (QED) is 0.847. The van der Waals surface area contributed by atoms with Gasteiger partial charge >= 0.3 is 5.69 Å². The van der Waals surface area contributed by atoms with Crippen LogP contribution in [0.3, 0.4) is 0 Å². The zero-order valence-corrected chi connectivity index (χ0v) is 11.2. The molecular formula is C11H20N4OS. The minimum atomic E-state index is -0.136. The molecule has 1 heterocycles. The van der Waals surface area contributed by atoms with Gasteiger partial charge in [0.1, 0.15) is 0 Å². The van der Waals surface area contributed by atoms with Crippen molar-refractivity contribution in [3.63, 3.8) is 0 Å². The topological polar surface area (TPSA) is 62.7 Å². The van der Waals surface area contributed by atoms with Crippen LogP contribution in [0.4, 0.5) is 0 Å². The number of nitrogens with zero attached hydrogens (tertiary/aromatic N) is 2. The van der Waals surface area contributed by atoms with Crippen LogP contribution in [0.1, 0.15) is 32.6 Å². The molecule has 0 radical (unpaired) electrons. The Labute approximate surface area is 105 Å². The molecule has 1 aromatic heterocycles. The molecule has 2 unspecified atom stereocenters. The maximum atomic E-state index is 11.3. The van der Waals surface area contributed by atoms with Gasteiger partial charge in [-0.05, 0) is 19.4 Å². The summed E-state index contributed by atoms with van der Waals surface area (Å²) in [7, 11) is 1.76. The van der Waals surface area contributed by atoms with Crippen LogP contribution in [0, 0.1) is 0 Å². The van der Waals surface area contributed by atoms with Gasteiger partial charge in [0, 0.05) is 18.3 Å². The Hall–Kier alpha value is -0.750. The third kappa shape index (κ3) is 2.93. The van der Waals surface area contributed by atoms with E-state index in [0.29, 0.717) is 11.3 Å². The summed E-state index contributed by atoms with van der Waals surface area (Å²) in [4.78, 5) is 11.3. The molecule has 0 aromatic carbocycles. The molecule has 2 rings (SSSR count). The van der Waals surface area contributed by atoms with Gasteiger partial charge in [-0.25, -0.2) is 9.89 Å². The van der Waals surface area contributed by atoms with Crippen LogP contribution in [0.2, 0.25) is 0 Å². The molecule has 2 atom stereocenters. The summed E-state index contributed by atoms with van der Waals surface area (Å²) in [6.45, 7) is 3.14. The highest BCUT2D eigenvalue weighted by atomic mass is 32.2. The van der Waals surface area contributed by atoms with Crippen LogP contribution in [0.15, 0.2) is 9.95 Å². The van der Waals surface area contributed by atoms with E-state index in [1.807, 2.05) is 0 Å². The van der Waals surface area contributed by atoms with E-state index in [4.69, 9.17) is 0 Å². The molecule has 0 saturated heterocycles. The van der Waals surface area contributed by atoms with E-state index in [2.05, 4.69) is 22.4 Å². The zero-order chi connectivity index (χ0) is 12.3. The van der Waals surface area contributed by atoms with Crippen LogP contribution in [0.5, 0.6) is 0 Å². The first-order valence-electron chi connectivity index (χ1n) is 6.23. The zero-order valence-electron chi connectivity index (χ0n) is 10.4. The summed E-state index contributed by atoms with van der Waals surface area (Å²) in [6, 6.07) is 0.547. The highest BCUT2D eigenvalue weighted by Gasteiger charge is 2.26. The number of thioether (sulfide) groups is 1. The van der Waals surface area contributed by atoms with Crippen molar-refractivity contribution in [1.82, 2.24) is 20.1 Å². The highest BCUT2D eigenvalue weighted by molar-refractivity contribution is 7.99. The second kappa shape index (κ2) is 5.73. The lowest BCUT2D eigenvalue weighted by molar-refractivity contribution is 0.390. The Kier molecular flexibility index (Phi) is 4.28. The van der Waals surface area contributed by atoms with Crippen molar-refractivity contribution in [2.24, 2.45) is 7.05 Å². The highest BCUT2D eigenvalue weighted by Crippen LogP contribution is 2.32. The van der Waals surface area contributed by atoms with Crippen molar-refractivity contribution in [3.05, 3.63) is 10.5 Å². The van der Waals surface area contributed by atoms with Gasteiger partial charge in [0.2, 0.25) is 0 Å². The molecule has 6 heteroatoms. The fourth-order valence-electron chi connectivity index (χ4n) is 2.31. The van der Waals surface area contributed by atoms with Crippen LogP contribution in [-0.2, 0) is 7.05 Å². The average Bonchev–Trinajstić information content (AvgIpc) is 2.64. The largest absolute Gasteiger partial charge is 0.343 e. The molecule has 0 amide bonds. The predicted molar refractivity (Wildman–Crippen MR) is 69.4 cm³/mol. The number of aromatic nitrogens is 3. The number of hydrogen-bond acceptors (Lipinski definition) is 4. The van der Waals surface area contributed by atoms with Crippen LogP contribution in [0.25, 0.3) is 0 Å². The Morgan fingerprint density at radius 3 is 2.94 bits per heavy atom. The summed E-state index contributed by atoms with van der Waals surface area (Å²) in [5, 5.41) is 11.4. The molecule has 5 nitrogen and oxygen atoms in total. The summed E-state index contributed by atoms with van der Waals surface area (Å²) in [5.41, 5.74) is -0.136. The van der Waals surface area contributed by atoms with E-state index in [-0.39, 0.29) is 5.69 Å². The standard InChI is InChI=1S/C11H20N4OS/c1-3-12-8-6-4-5-7-9(8)17-11-14-13-10(16)15(11)2/h8-9,12H,3-7H2,1-2H3,(H,13,16). The van der Waals surface area contributed by atoms with E-state index >= 15 is 0 Å². The lowest BCUT2D eigenvalue weighted by atomic mass is 9.95. The monoisotopic (exact) mass is 256 g/mol. The predicted octanol–water partition coefficient (Wildman–Crippen LogP) is 1.12. The molecule has 0 aliphatic heterocycles. The fourth-order valence-corrected chi connectivity index (χ4v) is 3.60. The van der Waals surface area contributed by atoms with E-state index in [1.165, 1.54) is 25.7 Å². The van der Waals surface area contributed by atoms with Crippen molar-refractivity contribution in [3.8, 4) is 0 Å². The maximum absolute atomic E-state index is 11.3. The number of H-pyrrole nitrogens is 1. The van der Waals surface area contributed by atoms with Crippen LogP contribution in [-0.4, -0.2) is 32.6 Å². The number of aromatic amines is 1. The summed E-state index contributed by atoms with van der Waals surface area (Å²) < 4.78 is 1.59. The first-order valence-corrected chi connectivity index (χ1v) is 7.11. The Balaban J connectivity index is 2.05. The van der Waals surface area contributed by atoms with Crippen molar-refractivity contribution < 1.29 is 0 Å². The summed E-state index contributed by atoms with van der Waals surface area (Å²) in [6.07, 6.45) is 5.00. The van der Waals surface area contributed by atoms with Gasteiger partial charge in [-0.2, -0.15) is 0 Å². The molecule has 0 spiro atoms. The summed E-state index contributed by atoms with van der Waals surface area (Å²) >= 11 is 1.72. The third-order valence-corrected chi connectivity index (χ3v) is 4.71. The van der Waals surface area contributed by atoms with Gasteiger partial charge in [-0.1, -0.05) is 31.5 Å². The van der Waals surface area contributed by atoms with Gasteiger partial charge in [0.15, 0.2) is 5.16 Å². The number of hydrogen-bond donors (Lipinski definition) is 2. The smallest absolute Gasteiger partial charge is 0.313 e. The van der Waals surface area contributed by atoms with Crippen molar-refractivity contribution in [2.45, 2.75) is 49.1 Å². The average molecular weight is 256 g/mol. The fraction of sp³-hybridized carbons (Fsp3) is 0.818. The van der Waals surface area contributed by atoms with Crippen LogP contribution < -0.4 is 11.0 Å². The molecule has 1 fully saturated rings. The molecule has 0 bridgehead atoms. The lowest BCUT2D eigenvalue weighted by Crippen LogP contribution is -2.40.